The Hall–Kier alpha value is -0.970. The van der Waals surface area contributed by atoms with Crippen molar-refractivity contribution >= 4 is 21.6 Å². The van der Waals surface area contributed by atoms with E-state index in [1.807, 2.05) is 11.3 Å². The minimum Gasteiger partial charge on any atom is -0.312 e. The highest BCUT2D eigenvalue weighted by atomic mass is 32.1. The lowest BCUT2D eigenvalue weighted by Crippen LogP contribution is -2.29. The van der Waals surface area contributed by atoms with Gasteiger partial charge in [-0.15, -0.1) is 11.3 Å². The lowest BCUT2D eigenvalue weighted by Gasteiger charge is -2.27. The first-order valence-electron chi connectivity index (χ1n) is 8.56. The molecule has 0 unspecified atom stereocenters. The maximum atomic E-state index is 4.90. The van der Waals surface area contributed by atoms with E-state index in [1.54, 1.807) is 0 Å². The van der Waals surface area contributed by atoms with Crippen LogP contribution in [0.3, 0.4) is 0 Å². The molecule has 1 aliphatic heterocycles. The van der Waals surface area contributed by atoms with Crippen LogP contribution in [-0.2, 0) is 6.54 Å². The van der Waals surface area contributed by atoms with Crippen molar-refractivity contribution in [3.05, 3.63) is 28.8 Å². The van der Waals surface area contributed by atoms with Gasteiger partial charge in [-0.1, -0.05) is 6.07 Å². The second-order valence-corrected chi connectivity index (χ2v) is 8.07. The third-order valence-electron chi connectivity index (χ3n) is 5.00. The number of rotatable bonds is 5. The van der Waals surface area contributed by atoms with Gasteiger partial charge in [0.25, 0.3) is 0 Å². The van der Waals surface area contributed by atoms with Crippen molar-refractivity contribution in [3.63, 3.8) is 0 Å². The largest absolute Gasteiger partial charge is 0.312 e. The summed E-state index contributed by atoms with van der Waals surface area (Å²) in [5.74, 6) is 1.62. The minimum atomic E-state index is 0.671. The number of nitrogens with one attached hydrogen (secondary N) is 1. The van der Waals surface area contributed by atoms with Crippen molar-refractivity contribution in [1.82, 2.24) is 15.2 Å². The molecule has 1 N–H and O–H groups in total. The predicted molar refractivity (Wildman–Crippen MR) is 93.5 cm³/mol. The van der Waals surface area contributed by atoms with Crippen LogP contribution in [0.5, 0.6) is 0 Å². The zero-order valence-corrected chi connectivity index (χ0v) is 14.2. The molecule has 1 aromatic heterocycles. The average molecular weight is 315 g/mol. The van der Waals surface area contributed by atoms with E-state index in [4.69, 9.17) is 4.98 Å². The molecule has 2 aliphatic rings. The summed E-state index contributed by atoms with van der Waals surface area (Å²) < 4.78 is 1.36. The predicted octanol–water partition coefficient (Wildman–Crippen LogP) is 3.61. The van der Waals surface area contributed by atoms with E-state index in [2.05, 4.69) is 35.5 Å². The van der Waals surface area contributed by atoms with Crippen LogP contribution in [0.15, 0.2) is 18.2 Å². The van der Waals surface area contributed by atoms with Gasteiger partial charge in [0.15, 0.2) is 0 Å². The lowest BCUT2D eigenvalue weighted by atomic mass is 9.98. The van der Waals surface area contributed by atoms with E-state index in [0.29, 0.717) is 5.92 Å². The zero-order valence-electron chi connectivity index (χ0n) is 13.3. The number of nitrogens with zero attached hydrogens (tertiary/aromatic N) is 2. The molecule has 2 fully saturated rings. The molecule has 0 radical (unpaired) electrons. The van der Waals surface area contributed by atoms with Gasteiger partial charge in [0.2, 0.25) is 0 Å². The normalized spacial score (nSPS) is 20.8. The van der Waals surface area contributed by atoms with Gasteiger partial charge >= 0.3 is 0 Å². The van der Waals surface area contributed by atoms with Crippen LogP contribution in [0.4, 0.5) is 0 Å². The number of hydrogen-bond acceptors (Lipinski definition) is 4. The van der Waals surface area contributed by atoms with Crippen molar-refractivity contribution < 1.29 is 0 Å². The van der Waals surface area contributed by atoms with Gasteiger partial charge in [0.05, 0.1) is 15.2 Å². The van der Waals surface area contributed by atoms with E-state index in [9.17, 15) is 0 Å². The molecule has 0 atom stereocenters. The molecule has 3 nitrogen and oxygen atoms in total. The van der Waals surface area contributed by atoms with Crippen LogP contribution in [-0.4, -0.2) is 36.6 Å². The molecule has 2 heterocycles. The van der Waals surface area contributed by atoms with Gasteiger partial charge in [-0.3, -0.25) is 0 Å². The number of thiazole rings is 1. The van der Waals surface area contributed by atoms with Crippen LogP contribution in [0.25, 0.3) is 10.2 Å². The standard InChI is InChI=1S/C18H25N3S/c1-21-8-6-15(7-9-21)18-20-16-5-4-14(10-17(16)22-18)12-19-11-13-2-3-13/h4-5,10,13,15,19H,2-3,6-9,11-12H2,1H3. The summed E-state index contributed by atoms with van der Waals surface area (Å²) in [6, 6.07) is 6.78. The smallest absolute Gasteiger partial charge is 0.0970 e. The summed E-state index contributed by atoms with van der Waals surface area (Å²) >= 11 is 1.91. The number of aromatic nitrogens is 1. The Labute approximate surface area is 136 Å². The molecule has 0 bridgehead atoms. The Morgan fingerprint density at radius 3 is 2.82 bits per heavy atom. The van der Waals surface area contributed by atoms with Crippen molar-refractivity contribution in [1.29, 1.82) is 0 Å². The molecular weight excluding hydrogens is 290 g/mol. The number of likely N-dealkylation sites (tertiary alicyclic amines) is 1. The fourth-order valence-electron chi connectivity index (χ4n) is 3.27. The molecule has 2 aromatic rings. The summed E-state index contributed by atoms with van der Waals surface area (Å²) in [4.78, 5) is 7.32. The highest BCUT2D eigenvalue weighted by Gasteiger charge is 2.22. The molecule has 118 valence electrons. The zero-order chi connectivity index (χ0) is 14.9. The number of benzene rings is 1. The fraction of sp³-hybridized carbons (Fsp3) is 0.611. The molecule has 0 spiro atoms. The minimum absolute atomic E-state index is 0.671. The summed E-state index contributed by atoms with van der Waals surface area (Å²) in [6.45, 7) is 4.59. The van der Waals surface area contributed by atoms with Gasteiger partial charge in [0.1, 0.15) is 0 Å². The van der Waals surface area contributed by atoms with E-state index < -0.39 is 0 Å². The fourth-order valence-corrected chi connectivity index (χ4v) is 4.47. The van der Waals surface area contributed by atoms with E-state index in [0.717, 1.165) is 12.5 Å². The van der Waals surface area contributed by atoms with Crippen LogP contribution >= 0.6 is 11.3 Å². The van der Waals surface area contributed by atoms with Gasteiger partial charge in [-0.25, -0.2) is 4.98 Å². The average Bonchev–Trinajstić information content (AvgIpc) is 3.25. The van der Waals surface area contributed by atoms with Gasteiger partial charge in [0, 0.05) is 12.5 Å². The third kappa shape index (κ3) is 3.34. The summed E-state index contributed by atoms with van der Waals surface area (Å²) in [7, 11) is 2.22. The monoisotopic (exact) mass is 315 g/mol. The highest BCUT2D eigenvalue weighted by Crippen LogP contribution is 2.34. The van der Waals surface area contributed by atoms with Crippen molar-refractivity contribution in [2.75, 3.05) is 26.7 Å². The van der Waals surface area contributed by atoms with Crippen molar-refractivity contribution in [2.45, 2.75) is 38.1 Å². The second-order valence-electron chi connectivity index (χ2n) is 7.01. The van der Waals surface area contributed by atoms with Gasteiger partial charge < -0.3 is 10.2 Å². The maximum absolute atomic E-state index is 4.90. The topological polar surface area (TPSA) is 28.2 Å². The molecular formula is C18H25N3S. The quantitative estimate of drug-likeness (QED) is 0.913. The number of hydrogen-bond donors (Lipinski definition) is 1. The summed E-state index contributed by atoms with van der Waals surface area (Å²) in [5, 5.41) is 4.94. The first-order chi connectivity index (χ1) is 10.8. The number of fused-ring (bicyclic) bond motifs is 1. The third-order valence-corrected chi connectivity index (χ3v) is 6.18. The van der Waals surface area contributed by atoms with Crippen LogP contribution in [0, 0.1) is 5.92 Å². The van der Waals surface area contributed by atoms with Crippen LogP contribution in [0.1, 0.15) is 42.2 Å². The Morgan fingerprint density at radius 2 is 2.05 bits per heavy atom. The molecule has 1 saturated carbocycles. The van der Waals surface area contributed by atoms with Crippen molar-refractivity contribution in [3.8, 4) is 0 Å². The summed E-state index contributed by atoms with van der Waals surface area (Å²) in [5.41, 5.74) is 2.58. The Morgan fingerprint density at radius 1 is 1.23 bits per heavy atom. The molecule has 1 saturated heterocycles. The lowest BCUT2D eigenvalue weighted by molar-refractivity contribution is 0.255. The van der Waals surface area contributed by atoms with Gasteiger partial charge in [-0.2, -0.15) is 0 Å². The second kappa shape index (κ2) is 6.26. The van der Waals surface area contributed by atoms with Gasteiger partial charge in [-0.05, 0) is 76.0 Å². The molecule has 22 heavy (non-hydrogen) atoms. The maximum Gasteiger partial charge on any atom is 0.0970 e. The van der Waals surface area contributed by atoms with Crippen molar-refractivity contribution in [2.24, 2.45) is 5.92 Å². The molecule has 1 aliphatic carbocycles. The first-order valence-corrected chi connectivity index (χ1v) is 9.38. The molecule has 4 heteroatoms. The SMILES string of the molecule is CN1CCC(c2nc3ccc(CNCC4CC4)cc3s2)CC1. The molecule has 1 aromatic carbocycles. The first kappa shape index (κ1) is 14.6. The Balaban J connectivity index is 1.45. The van der Waals surface area contributed by atoms with E-state index >= 15 is 0 Å². The summed E-state index contributed by atoms with van der Waals surface area (Å²) in [6.07, 6.45) is 5.35. The van der Waals surface area contributed by atoms with E-state index in [-0.39, 0.29) is 0 Å². The van der Waals surface area contributed by atoms with Crippen LogP contribution in [0.2, 0.25) is 0 Å². The van der Waals surface area contributed by atoms with E-state index in [1.165, 1.54) is 66.1 Å². The highest BCUT2D eigenvalue weighted by molar-refractivity contribution is 7.18. The van der Waals surface area contributed by atoms with Crippen LogP contribution < -0.4 is 5.32 Å². The molecule has 0 amide bonds. The number of piperidine rings is 1. The Bertz CT molecular complexity index is 639. The Kier molecular flexibility index (Phi) is 4.16. The molecule has 4 rings (SSSR count).